The highest BCUT2D eigenvalue weighted by Crippen LogP contribution is 2.20. The van der Waals surface area contributed by atoms with Crippen LogP contribution in [-0.4, -0.2) is 51.0 Å². The van der Waals surface area contributed by atoms with Crippen LogP contribution in [0.25, 0.3) is 11.4 Å². The molecule has 138 valence electrons. The zero-order valence-electron chi connectivity index (χ0n) is 15.2. The van der Waals surface area contributed by atoms with Crippen LogP contribution in [0.1, 0.15) is 43.6 Å². The summed E-state index contributed by atoms with van der Waals surface area (Å²) < 4.78 is 0. The monoisotopic (exact) mass is 355 g/mol. The molecule has 1 saturated heterocycles. The van der Waals surface area contributed by atoms with Crippen molar-refractivity contribution in [3.05, 3.63) is 36.2 Å². The maximum atomic E-state index is 12.8. The molecular formula is C19H25N5O2. The van der Waals surface area contributed by atoms with Gasteiger partial charge in [-0.2, -0.15) is 5.10 Å². The van der Waals surface area contributed by atoms with E-state index >= 15 is 0 Å². The number of aromatic nitrogens is 3. The number of nitrogens with zero attached hydrogens (tertiary/aromatic N) is 3. The molecule has 0 aromatic carbocycles. The molecule has 2 N–H and O–H groups in total. The lowest BCUT2D eigenvalue weighted by atomic mass is 9.96. The number of pyridine rings is 1. The van der Waals surface area contributed by atoms with Gasteiger partial charge in [0.1, 0.15) is 11.4 Å². The molecule has 0 saturated carbocycles. The molecular weight excluding hydrogens is 330 g/mol. The van der Waals surface area contributed by atoms with Crippen LogP contribution >= 0.6 is 0 Å². The second-order valence-corrected chi connectivity index (χ2v) is 6.79. The zero-order valence-corrected chi connectivity index (χ0v) is 15.2. The summed E-state index contributed by atoms with van der Waals surface area (Å²) in [5.74, 6) is -0.240. The van der Waals surface area contributed by atoms with Gasteiger partial charge in [-0.3, -0.25) is 19.7 Å². The third kappa shape index (κ3) is 4.09. The van der Waals surface area contributed by atoms with Crippen molar-refractivity contribution in [1.29, 1.82) is 0 Å². The van der Waals surface area contributed by atoms with Crippen molar-refractivity contribution >= 4 is 11.8 Å². The Morgan fingerprint density at radius 2 is 2.23 bits per heavy atom. The van der Waals surface area contributed by atoms with Gasteiger partial charge in [0, 0.05) is 25.3 Å². The molecule has 1 fully saturated rings. The van der Waals surface area contributed by atoms with E-state index in [2.05, 4.69) is 20.5 Å². The summed E-state index contributed by atoms with van der Waals surface area (Å²) in [5.41, 5.74) is 1.78. The Morgan fingerprint density at radius 3 is 2.96 bits per heavy atom. The number of amides is 2. The van der Waals surface area contributed by atoms with Crippen molar-refractivity contribution in [2.24, 2.45) is 5.92 Å². The maximum absolute atomic E-state index is 12.8. The number of aromatic amines is 1. The molecule has 7 heteroatoms. The molecule has 26 heavy (non-hydrogen) atoms. The van der Waals surface area contributed by atoms with Crippen LogP contribution in [-0.2, 0) is 4.79 Å². The van der Waals surface area contributed by atoms with E-state index in [0.29, 0.717) is 30.2 Å². The number of nitrogens with one attached hydrogen (secondary N) is 2. The van der Waals surface area contributed by atoms with Crippen molar-refractivity contribution in [1.82, 2.24) is 25.4 Å². The highest BCUT2D eigenvalue weighted by molar-refractivity contribution is 5.93. The van der Waals surface area contributed by atoms with Crippen molar-refractivity contribution < 1.29 is 9.59 Å². The highest BCUT2D eigenvalue weighted by atomic mass is 16.2. The Kier molecular flexibility index (Phi) is 5.65. The summed E-state index contributed by atoms with van der Waals surface area (Å²) in [5, 5.41) is 10.0. The number of carbonyl (C=O) groups excluding carboxylic acids is 2. The van der Waals surface area contributed by atoms with E-state index in [0.717, 1.165) is 19.3 Å². The van der Waals surface area contributed by atoms with E-state index in [1.54, 1.807) is 17.2 Å². The summed E-state index contributed by atoms with van der Waals surface area (Å²) in [6.07, 6.45) is 4.22. The number of piperidine rings is 1. The van der Waals surface area contributed by atoms with Gasteiger partial charge >= 0.3 is 0 Å². The van der Waals surface area contributed by atoms with E-state index in [1.165, 1.54) is 0 Å². The quantitative estimate of drug-likeness (QED) is 0.860. The summed E-state index contributed by atoms with van der Waals surface area (Å²) >= 11 is 0. The molecule has 0 spiro atoms. The Balaban J connectivity index is 1.66. The molecule has 0 bridgehead atoms. The second-order valence-electron chi connectivity index (χ2n) is 6.79. The Labute approximate surface area is 153 Å². The zero-order chi connectivity index (χ0) is 18.5. The molecule has 2 aromatic heterocycles. The summed E-state index contributed by atoms with van der Waals surface area (Å²) in [6.45, 7) is 5.13. The van der Waals surface area contributed by atoms with Crippen LogP contribution in [0.5, 0.6) is 0 Å². The Morgan fingerprint density at radius 1 is 1.38 bits per heavy atom. The molecule has 0 unspecified atom stereocenters. The van der Waals surface area contributed by atoms with Gasteiger partial charge in [0.05, 0.1) is 11.6 Å². The van der Waals surface area contributed by atoms with Gasteiger partial charge in [-0.15, -0.1) is 0 Å². The number of likely N-dealkylation sites (tertiary alicyclic amines) is 1. The van der Waals surface area contributed by atoms with E-state index in [1.807, 2.05) is 32.0 Å². The van der Waals surface area contributed by atoms with Crippen LogP contribution in [0, 0.1) is 5.92 Å². The highest BCUT2D eigenvalue weighted by Gasteiger charge is 2.30. The first-order valence-corrected chi connectivity index (χ1v) is 9.15. The number of H-pyrrole nitrogens is 1. The maximum Gasteiger partial charge on any atom is 0.271 e. The van der Waals surface area contributed by atoms with Crippen molar-refractivity contribution in [3.8, 4) is 11.4 Å². The average Bonchev–Trinajstić information content (AvgIpc) is 3.18. The minimum Gasteiger partial charge on any atom is -0.353 e. The fraction of sp³-hybridized carbons (Fsp3) is 0.474. The first-order chi connectivity index (χ1) is 12.6. The van der Waals surface area contributed by atoms with Crippen LogP contribution < -0.4 is 5.32 Å². The molecule has 1 aliphatic heterocycles. The Bertz CT molecular complexity index is 758. The summed E-state index contributed by atoms with van der Waals surface area (Å²) in [7, 11) is 0. The first-order valence-electron chi connectivity index (χ1n) is 9.15. The SMILES string of the molecule is CC[C@@H](C)NC(=O)[C@H]1CCCN(C(=O)c2cc(-c3ccccn3)n[nH]2)C1. The molecule has 2 atom stereocenters. The number of hydrogen-bond acceptors (Lipinski definition) is 4. The minimum atomic E-state index is -0.153. The van der Waals surface area contributed by atoms with Gasteiger partial charge in [0.2, 0.25) is 5.91 Å². The van der Waals surface area contributed by atoms with Crippen molar-refractivity contribution in [3.63, 3.8) is 0 Å². The lowest BCUT2D eigenvalue weighted by Crippen LogP contribution is -2.47. The molecule has 1 aliphatic rings. The lowest BCUT2D eigenvalue weighted by molar-refractivity contribution is -0.126. The molecule has 7 nitrogen and oxygen atoms in total. The van der Waals surface area contributed by atoms with Crippen LogP contribution in [0.3, 0.4) is 0 Å². The third-order valence-electron chi connectivity index (χ3n) is 4.82. The number of carbonyl (C=O) groups is 2. The number of hydrogen-bond donors (Lipinski definition) is 2. The predicted molar refractivity (Wildman–Crippen MR) is 98.3 cm³/mol. The molecule has 0 aliphatic carbocycles. The van der Waals surface area contributed by atoms with Crippen LogP contribution in [0.2, 0.25) is 0 Å². The largest absolute Gasteiger partial charge is 0.353 e. The van der Waals surface area contributed by atoms with Gasteiger partial charge in [-0.05, 0) is 44.4 Å². The molecule has 2 aromatic rings. The standard InChI is InChI=1S/C19H25N5O2/c1-3-13(2)21-18(25)14-7-6-10-24(12-14)19(26)17-11-16(22-23-17)15-8-4-5-9-20-15/h4-5,8-9,11,13-14H,3,6-7,10,12H2,1-2H3,(H,21,25)(H,22,23)/t13-,14+/m1/s1. The third-order valence-corrected chi connectivity index (χ3v) is 4.82. The van der Waals surface area contributed by atoms with Gasteiger partial charge < -0.3 is 10.2 Å². The van der Waals surface area contributed by atoms with Crippen LogP contribution in [0.15, 0.2) is 30.5 Å². The summed E-state index contributed by atoms with van der Waals surface area (Å²) in [4.78, 5) is 31.2. The smallest absolute Gasteiger partial charge is 0.271 e. The predicted octanol–water partition coefficient (Wildman–Crippen LogP) is 2.24. The van der Waals surface area contributed by atoms with Crippen molar-refractivity contribution in [2.45, 2.75) is 39.2 Å². The fourth-order valence-electron chi connectivity index (χ4n) is 3.09. The van der Waals surface area contributed by atoms with Crippen LogP contribution in [0.4, 0.5) is 0 Å². The summed E-state index contributed by atoms with van der Waals surface area (Å²) in [6, 6.07) is 7.43. The van der Waals surface area contributed by atoms with E-state index in [9.17, 15) is 9.59 Å². The van der Waals surface area contributed by atoms with E-state index < -0.39 is 0 Å². The Hall–Kier alpha value is -2.70. The van der Waals surface area contributed by atoms with Gasteiger partial charge in [0.25, 0.3) is 5.91 Å². The fourth-order valence-corrected chi connectivity index (χ4v) is 3.09. The lowest BCUT2D eigenvalue weighted by Gasteiger charge is -2.32. The molecule has 2 amide bonds. The minimum absolute atomic E-state index is 0.0376. The molecule has 0 radical (unpaired) electrons. The normalized spacial score (nSPS) is 18.4. The average molecular weight is 355 g/mol. The second kappa shape index (κ2) is 8.12. The topological polar surface area (TPSA) is 91.0 Å². The van der Waals surface area contributed by atoms with Gasteiger partial charge in [-0.1, -0.05) is 13.0 Å². The van der Waals surface area contributed by atoms with Gasteiger partial charge in [-0.25, -0.2) is 0 Å². The van der Waals surface area contributed by atoms with Gasteiger partial charge in [0.15, 0.2) is 0 Å². The van der Waals surface area contributed by atoms with E-state index in [-0.39, 0.29) is 23.8 Å². The number of rotatable bonds is 5. The molecule has 3 rings (SSSR count). The molecule has 3 heterocycles. The van der Waals surface area contributed by atoms with Crippen molar-refractivity contribution in [2.75, 3.05) is 13.1 Å². The first kappa shape index (κ1) is 18.1. The van der Waals surface area contributed by atoms with E-state index in [4.69, 9.17) is 0 Å².